The number of nitro benzene ring substituents is 1. The summed E-state index contributed by atoms with van der Waals surface area (Å²) in [5.41, 5.74) is 1.54. The molecule has 2 unspecified atom stereocenters. The highest BCUT2D eigenvalue weighted by Crippen LogP contribution is 2.27. The molecule has 1 heterocycles. The van der Waals surface area contributed by atoms with Gasteiger partial charge in [-0.15, -0.1) is 0 Å². The third-order valence-corrected chi connectivity index (χ3v) is 4.28. The van der Waals surface area contributed by atoms with Crippen LogP contribution in [0.2, 0.25) is 0 Å². The third-order valence-electron chi connectivity index (χ3n) is 4.28. The molecule has 2 amide bonds. The Morgan fingerprint density at radius 1 is 1.29 bits per heavy atom. The van der Waals surface area contributed by atoms with E-state index in [0.717, 1.165) is 0 Å². The molecule has 0 spiro atoms. The Morgan fingerprint density at radius 2 is 1.96 bits per heavy atom. The molecule has 1 aliphatic rings. The summed E-state index contributed by atoms with van der Waals surface area (Å²) in [5.74, 6) is -1.42. The Morgan fingerprint density at radius 3 is 2.54 bits per heavy atom. The van der Waals surface area contributed by atoms with Gasteiger partial charge >= 0.3 is 12.0 Å². The van der Waals surface area contributed by atoms with Crippen molar-refractivity contribution in [1.29, 1.82) is 0 Å². The minimum atomic E-state index is -0.915. The fourth-order valence-corrected chi connectivity index (χ4v) is 3.06. The second kappa shape index (κ2) is 6.86. The lowest BCUT2D eigenvalue weighted by Gasteiger charge is -2.34. The van der Waals surface area contributed by atoms with Crippen molar-refractivity contribution < 1.29 is 19.6 Å². The minimum absolute atomic E-state index is 0.0636. The summed E-state index contributed by atoms with van der Waals surface area (Å²) < 4.78 is 0. The molecule has 1 fully saturated rings. The Hall–Kier alpha value is -2.64. The van der Waals surface area contributed by atoms with Crippen molar-refractivity contribution in [3.8, 4) is 0 Å². The van der Waals surface area contributed by atoms with E-state index in [1.165, 1.54) is 11.0 Å². The van der Waals surface area contributed by atoms with Gasteiger partial charge in [0.05, 0.1) is 16.5 Å². The molecule has 2 N–H and O–H groups in total. The van der Waals surface area contributed by atoms with Crippen molar-refractivity contribution in [3.05, 3.63) is 33.4 Å². The number of aliphatic carboxylic acids is 1. The number of nitrogens with one attached hydrogen (secondary N) is 1. The number of aryl methyl sites for hydroxylation is 2. The van der Waals surface area contributed by atoms with Gasteiger partial charge in [-0.1, -0.05) is 6.92 Å². The largest absolute Gasteiger partial charge is 0.481 e. The number of nitrogens with zero attached hydrogens (tertiary/aromatic N) is 2. The van der Waals surface area contributed by atoms with Crippen LogP contribution in [0.1, 0.15) is 24.5 Å². The number of nitro groups is 1. The number of carboxylic acids is 1. The van der Waals surface area contributed by atoms with Gasteiger partial charge in [0, 0.05) is 24.7 Å². The number of urea groups is 1. The molecule has 0 bridgehead atoms. The maximum atomic E-state index is 12.5. The van der Waals surface area contributed by atoms with Crippen LogP contribution in [0.4, 0.5) is 16.2 Å². The Bertz CT molecular complexity index is 689. The van der Waals surface area contributed by atoms with Crippen molar-refractivity contribution in [2.75, 3.05) is 18.4 Å². The summed E-state index contributed by atoms with van der Waals surface area (Å²) >= 11 is 0. The van der Waals surface area contributed by atoms with Crippen molar-refractivity contribution in [3.63, 3.8) is 0 Å². The molecule has 0 saturated carbocycles. The first-order valence-corrected chi connectivity index (χ1v) is 7.73. The molecular formula is C16H21N3O5. The van der Waals surface area contributed by atoms with E-state index in [1.807, 2.05) is 6.92 Å². The van der Waals surface area contributed by atoms with Gasteiger partial charge in [-0.3, -0.25) is 14.9 Å². The third kappa shape index (κ3) is 3.81. The standard InChI is InChI=1S/C16H21N3O5/c1-9-4-12(15(20)21)8-18(7-9)16(22)17-13-6-14(19(23)24)11(3)5-10(13)2/h5-6,9,12H,4,7-8H2,1-3H3,(H,17,22)(H,20,21). The number of anilines is 1. The number of hydrogen-bond acceptors (Lipinski definition) is 4. The van der Waals surface area contributed by atoms with E-state index in [2.05, 4.69) is 5.32 Å². The summed E-state index contributed by atoms with van der Waals surface area (Å²) in [5, 5.41) is 22.9. The van der Waals surface area contributed by atoms with Crippen LogP contribution in [-0.4, -0.2) is 40.0 Å². The van der Waals surface area contributed by atoms with Gasteiger partial charge in [0.1, 0.15) is 0 Å². The molecule has 0 aliphatic carbocycles. The Labute approximate surface area is 139 Å². The van der Waals surface area contributed by atoms with Crippen LogP contribution in [0.3, 0.4) is 0 Å². The lowest BCUT2D eigenvalue weighted by molar-refractivity contribution is -0.385. The number of likely N-dealkylation sites (tertiary alicyclic amines) is 1. The Kier molecular flexibility index (Phi) is 5.06. The zero-order valence-electron chi connectivity index (χ0n) is 13.9. The summed E-state index contributed by atoms with van der Waals surface area (Å²) in [6, 6.07) is 2.55. The van der Waals surface area contributed by atoms with Crippen LogP contribution in [-0.2, 0) is 4.79 Å². The van der Waals surface area contributed by atoms with Crippen LogP contribution in [0.25, 0.3) is 0 Å². The first-order chi connectivity index (χ1) is 11.2. The highest BCUT2D eigenvalue weighted by molar-refractivity contribution is 5.91. The highest BCUT2D eigenvalue weighted by Gasteiger charge is 2.32. The van der Waals surface area contributed by atoms with Crippen LogP contribution < -0.4 is 5.32 Å². The van der Waals surface area contributed by atoms with Gasteiger partial charge < -0.3 is 15.3 Å². The first-order valence-electron chi connectivity index (χ1n) is 7.73. The maximum Gasteiger partial charge on any atom is 0.321 e. The van der Waals surface area contributed by atoms with E-state index in [0.29, 0.717) is 29.8 Å². The van der Waals surface area contributed by atoms with Gasteiger partial charge in [0.2, 0.25) is 0 Å². The summed E-state index contributed by atoms with van der Waals surface area (Å²) in [7, 11) is 0. The number of piperidine rings is 1. The average molecular weight is 335 g/mol. The minimum Gasteiger partial charge on any atom is -0.481 e. The van der Waals surface area contributed by atoms with E-state index < -0.39 is 22.8 Å². The van der Waals surface area contributed by atoms with Crippen molar-refractivity contribution in [1.82, 2.24) is 4.90 Å². The fraction of sp³-hybridized carbons (Fsp3) is 0.500. The molecule has 2 atom stereocenters. The van der Waals surface area contributed by atoms with Crippen LogP contribution >= 0.6 is 0 Å². The smallest absolute Gasteiger partial charge is 0.321 e. The maximum absolute atomic E-state index is 12.5. The lowest BCUT2D eigenvalue weighted by Crippen LogP contribution is -2.47. The molecule has 0 radical (unpaired) electrons. The highest BCUT2D eigenvalue weighted by atomic mass is 16.6. The van der Waals surface area contributed by atoms with E-state index in [-0.39, 0.29) is 18.2 Å². The van der Waals surface area contributed by atoms with Gasteiger partial charge in [-0.2, -0.15) is 0 Å². The van der Waals surface area contributed by atoms with E-state index in [4.69, 9.17) is 0 Å². The van der Waals surface area contributed by atoms with Crippen molar-refractivity contribution in [2.24, 2.45) is 11.8 Å². The van der Waals surface area contributed by atoms with Gasteiger partial charge in [-0.05, 0) is 37.8 Å². The van der Waals surface area contributed by atoms with E-state index >= 15 is 0 Å². The average Bonchev–Trinajstić information content (AvgIpc) is 2.48. The lowest BCUT2D eigenvalue weighted by atomic mass is 9.91. The zero-order valence-corrected chi connectivity index (χ0v) is 13.9. The molecule has 24 heavy (non-hydrogen) atoms. The second-order valence-electron chi connectivity index (χ2n) is 6.42. The normalized spacial score (nSPS) is 20.5. The van der Waals surface area contributed by atoms with Gasteiger partial charge in [0.15, 0.2) is 0 Å². The first kappa shape index (κ1) is 17.7. The van der Waals surface area contributed by atoms with Crippen molar-refractivity contribution >= 4 is 23.4 Å². The molecule has 8 heteroatoms. The number of carbonyl (C=O) groups is 2. The van der Waals surface area contributed by atoms with Crippen LogP contribution in [0.15, 0.2) is 12.1 Å². The molecule has 0 aromatic heterocycles. The molecule has 1 aromatic rings. The molecule has 8 nitrogen and oxygen atoms in total. The monoisotopic (exact) mass is 335 g/mol. The predicted octanol–water partition coefficient (Wildman–Crippen LogP) is 2.79. The molecule has 130 valence electrons. The molecule has 1 aromatic carbocycles. The molecular weight excluding hydrogens is 314 g/mol. The quantitative estimate of drug-likeness (QED) is 0.651. The van der Waals surface area contributed by atoms with Crippen LogP contribution in [0, 0.1) is 35.8 Å². The van der Waals surface area contributed by atoms with Crippen LogP contribution in [0.5, 0.6) is 0 Å². The van der Waals surface area contributed by atoms with Gasteiger partial charge in [0.25, 0.3) is 5.69 Å². The topological polar surface area (TPSA) is 113 Å². The Balaban J connectivity index is 2.18. The van der Waals surface area contributed by atoms with Crippen molar-refractivity contribution in [2.45, 2.75) is 27.2 Å². The fourth-order valence-electron chi connectivity index (χ4n) is 3.06. The number of amides is 2. The number of benzene rings is 1. The molecule has 1 saturated heterocycles. The molecule has 1 aliphatic heterocycles. The predicted molar refractivity (Wildman–Crippen MR) is 88.1 cm³/mol. The summed E-state index contributed by atoms with van der Waals surface area (Å²) in [6.45, 7) is 5.89. The molecule has 2 rings (SSSR count). The number of carboxylic acid groups (broad SMARTS) is 1. The van der Waals surface area contributed by atoms with Gasteiger partial charge in [-0.25, -0.2) is 4.79 Å². The summed E-state index contributed by atoms with van der Waals surface area (Å²) in [4.78, 5) is 35.7. The van der Waals surface area contributed by atoms with E-state index in [1.54, 1.807) is 19.9 Å². The second-order valence-corrected chi connectivity index (χ2v) is 6.42. The van der Waals surface area contributed by atoms with E-state index in [9.17, 15) is 24.8 Å². The SMILES string of the molecule is Cc1cc(C)c([N+](=O)[O-])cc1NC(=O)N1CC(C)CC(C(=O)O)C1. The number of hydrogen-bond donors (Lipinski definition) is 2. The summed E-state index contributed by atoms with van der Waals surface area (Å²) in [6.07, 6.45) is 0.536. The zero-order chi connectivity index (χ0) is 18.0. The number of carbonyl (C=O) groups excluding carboxylic acids is 1. The number of rotatable bonds is 3.